The predicted octanol–water partition coefficient (Wildman–Crippen LogP) is 3.21. The summed E-state index contributed by atoms with van der Waals surface area (Å²) in [6.45, 7) is 1.80. The van der Waals surface area contributed by atoms with Crippen LogP contribution in [0.2, 0.25) is 0 Å². The van der Waals surface area contributed by atoms with E-state index in [2.05, 4.69) is 52.9 Å². The Morgan fingerprint density at radius 2 is 2.14 bits per heavy atom. The third-order valence-electron chi connectivity index (χ3n) is 1.73. The molecule has 4 nitrogen and oxygen atoms in total. The van der Waals surface area contributed by atoms with Crippen LogP contribution in [0.25, 0.3) is 0 Å². The Bertz CT molecular complexity index is 364. The number of carboxylic acid groups (broad SMARTS) is 1. The molecule has 1 aromatic heterocycles. The molecule has 0 saturated heterocycles. The minimum atomic E-state index is -0.893. The van der Waals surface area contributed by atoms with Crippen LogP contribution in [0.1, 0.15) is 19.4 Å². The number of hydrogen-bond acceptors (Lipinski definition) is 2. The van der Waals surface area contributed by atoms with Crippen LogP contribution >= 0.6 is 47.8 Å². The van der Waals surface area contributed by atoms with Gasteiger partial charge in [0, 0.05) is 0 Å². The fourth-order valence-electron chi connectivity index (χ4n) is 1.03. The summed E-state index contributed by atoms with van der Waals surface area (Å²) in [4.78, 5) is 10.9. The van der Waals surface area contributed by atoms with Crippen LogP contribution in [0.5, 0.6) is 0 Å². The molecule has 0 bridgehead atoms. The average molecular weight is 391 g/mol. The second-order valence-electron chi connectivity index (χ2n) is 2.60. The standard InChI is InChI=1S/C7H7Br3N2O2/c1-2-3(7(13)14)12-6(10)4(8)5(9)11-12/h3H,2H2,1H3,(H,13,14)/t3-/m1/s1. The molecular formula is C7H7Br3N2O2. The van der Waals surface area contributed by atoms with Crippen LogP contribution < -0.4 is 0 Å². The summed E-state index contributed by atoms with van der Waals surface area (Å²) in [6, 6.07) is -0.646. The predicted molar refractivity (Wildman–Crippen MR) is 62.3 cm³/mol. The van der Waals surface area contributed by atoms with Gasteiger partial charge < -0.3 is 5.11 Å². The molecule has 0 fully saturated rings. The Hall–Kier alpha value is 0.120. The van der Waals surface area contributed by atoms with Gasteiger partial charge in [0.1, 0.15) is 15.2 Å². The minimum Gasteiger partial charge on any atom is -0.480 e. The van der Waals surface area contributed by atoms with Gasteiger partial charge in [0.25, 0.3) is 0 Å². The molecule has 0 aliphatic heterocycles. The number of carboxylic acids is 1. The zero-order valence-corrected chi connectivity index (χ0v) is 11.9. The van der Waals surface area contributed by atoms with Crippen molar-refractivity contribution in [1.29, 1.82) is 0 Å². The van der Waals surface area contributed by atoms with Gasteiger partial charge in [0.05, 0.1) is 4.47 Å². The zero-order chi connectivity index (χ0) is 10.9. The van der Waals surface area contributed by atoms with Crippen molar-refractivity contribution in [3.05, 3.63) is 13.7 Å². The first-order chi connectivity index (χ1) is 6.49. The van der Waals surface area contributed by atoms with E-state index in [0.717, 1.165) is 4.47 Å². The quantitative estimate of drug-likeness (QED) is 0.862. The van der Waals surface area contributed by atoms with E-state index in [1.165, 1.54) is 4.68 Å². The summed E-state index contributed by atoms with van der Waals surface area (Å²) >= 11 is 9.76. The lowest BCUT2D eigenvalue weighted by Gasteiger charge is -2.10. The molecular weight excluding hydrogens is 384 g/mol. The molecule has 0 aliphatic carbocycles. The third kappa shape index (κ3) is 2.20. The maximum atomic E-state index is 10.9. The highest BCUT2D eigenvalue weighted by Gasteiger charge is 2.23. The van der Waals surface area contributed by atoms with Gasteiger partial charge >= 0.3 is 5.97 Å². The topological polar surface area (TPSA) is 55.1 Å². The van der Waals surface area contributed by atoms with Crippen molar-refractivity contribution in [3.63, 3.8) is 0 Å². The minimum absolute atomic E-state index is 0.481. The van der Waals surface area contributed by atoms with E-state index in [-0.39, 0.29) is 0 Å². The van der Waals surface area contributed by atoms with Crippen molar-refractivity contribution in [2.24, 2.45) is 0 Å². The highest BCUT2D eigenvalue weighted by Crippen LogP contribution is 2.32. The lowest BCUT2D eigenvalue weighted by atomic mass is 10.2. The Morgan fingerprint density at radius 1 is 1.57 bits per heavy atom. The van der Waals surface area contributed by atoms with Crippen LogP contribution in [-0.2, 0) is 4.79 Å². The molecule has 0 spiro atoms. The second kappa shape index (κ2) is 4.76. The van der Waals surface area contributed by atoms with Gasteiger partial charge in [0.15, 0.2) is 0 Å². The van der Waals surface area contributed by atoms with Gasteiger partial charge in [0.2, 0.25) is 0 Å². The summed E-state index contributed by atoms with van der Waals surface area (Å²) in [5, 5.41) is 13.0. The summed E-state index contributed by atoms with van der Waals surface area (Å²) in [6.07, 6.45) is 0.481. The van der Waals surface area contributed by atoms with Gasteiger partial charge in [-0.25, -0.2) is 9.48 Å². The average Bonchev–Trinajstić information content (AvgIpc) is 2.35. The zero-order valence-electron chi connectivity index (χ0n) is 7.17. The molecule has 1 rings (SSSR count). The molecule has 0 aliphatic rings. The maximum absolute atomic E-state index is 10.9. The maximum Gasteiger partial charge on any atom is 0.328 e. The van der Waals surface area contributed by atoms with Gasteiger partial charge in [-0.3, -0.25) is 0 Å². The van der Waals surface area contributed by atoms with Gasteiger partial charge in [-0.1, -0.05) is 6.92 Å². The number of hydrogen-bond donors (Lipinski definition) is 1. The van der Waals surface area contributed by atoms with Crippen LogP contribution in [0.4, 0.5) is 0 Å². The van der Waals surface area contributed by atoms with E-state index < -0.39 is 12.0 Å². The molecule has 0 aromatic carbocycles. The number of halogens is 3. The van der Waals surface area contributed by atoms with Crippen molar-refractivity contribution in [1.82, 2.24) is 9.78 Å². The summed E-state index contributed by atoms with van der Waals surface area (Å²) < 4.78 is 3.36. The van der Waals surface area contributed by atoms with E-state index in [9.17, 15) is 4.79 Å². The Kier molecular flexibility index (Phi) is 4.15. The number of rotatable bonds is 3. The Labute approximate surface area is 106 Å². The molecule has 0 radical (unpaired) electrons. The van der Waals surface area contributed by atoms with E-state index in [4.69, 9.17) is 5.11 Å². The SMILES string of the molecule is CC[C@H](C(=O)O)n1nc(Br)c(Br)c1Br. The highest BCUT2D eigenvalue weighted by atomic mass is 79.9. The van der Waals surface area contributed by atoms with E-state index in [0.29, 0.717) is 15.6 Å². The molecule has 1 N–H and O–H groups in total. The molecule has 7 heteroatoms. The van der Waals surface area contributed by atoms with Crippen molar-refractivity contribution in [2.75, 3.05) is 0 Å². The fraction of sp³-hybridized carbons (Fsp3) is 0.429. The first kappa shape index (κ1) is 12.2. The second-order valence-corrected chi connectivity index (χ2v) is 4.90. The van der Waals surface area contributed by atoms with Crippen LogP contribution in [-0.4, -0.2) is 20.9 Å². The monoisotopic (exact) mass is 388 g/mol. The normalized spacial score (nSPS) is 12.9. The summed E-state index contributed by atoms with van der Waals surface area (Å²) in [5.41, 5.74) is 0. The van der Waals surface area contributed by atoms with Gasteiger partial charge in [-0.2, -0.15) is 5.10 Å². The molecule has 0 unspecified atom stereocenters. The molecule has 1 atom stereocenters. The first-order valence-corrected chi connectivity index (χ1v) is 6.18. The number of nitrogens with zero attached hydrogens (tertiary/aromatic N) is 2. The van der Waals surface area contributed by atoms with Crippen LogP contribution in [0.3, 0.4) is 0 Å². The van der Waals surface area contributed by atoms with Gasteiger partial charge in [-0.05, 0) is 54.2 Å². The van der Waals surface area contributed by atoms with Crippen molar-refractivity contribution >= 4 is 53.8 Å². The lowest BCUT2D eigenvalue weighted by molar-refractivity contribution is -0.141. The first-order valence-electron chi connectivity index (χ1n) is 3.80. The largest absolute Gasteiger partial charge is 0.480 e. The smallest absolute Gasteiger partial charge is 0.328 e. The van der Waals surface area contributed by atoms with Crippen LogP contribution in [0.15, 0.2) is 13.7 Å². The van der Waals surface area contributed by atoms with E-state index >= 15 is 0 Å². The number of carbonyl (C=O) groups is 1. The molecule has 78 valence electrons. The lowest BCUT2D eigenvalue weighted by Crippen LogP contribution is -2.19. The summed E-state index contributed by atoms with van der Waals surface area (Å²) in [7, 11) is 0. The molecule has 1 heterocycles. The molecule has 14 heavy (non-hydrogen) atoms. The Morgan fingerprint density at radius 3 is 2.43 bits per heavy atom. The fourth-order valence-corrected chi connectivity index (χ4v) is 2.43. The molecule has 0 saturated carbocycles. The van der Waals surface area contributed by atoms with E-state index in [1.807, 2.05) is 0 Å². The van der Waals surface area contributed by atoms with Crippen LogP contribution in [0, 0.1) is 0 Å². The third-order valence-corrected chi connectivity index (χ3v) is 4.86. The van der Waals surface area contributed by atoms with Crippen molar-refractivity contribution < 1.29 is 9.90 Å². The Balaban J connectivity index is 3.17. The molecule has 0 amide bonds. The number of aliphatic carboxylic acids is 1. The van der Waals surface area contributed by atoms with Crippen molar-refractivity contribution in [2.45, 2.75) is 19.4 Å². The van der Waals surface area contributed by atoms with E-state index in [1.54, 1.807) is 6.92 Å². The van der Waals surface area contributed by atoms with Crippen molar-refractivity contribution in [3.8, 4) is 0 Å². The summed E-state index contributed by atoms with van der Waals surface area (Å²) in [5.74, 6) is -0.893. The van der Waals surface area contributed by atoms with Gasteiger partial charge in [-0.15, -0.1) is 0 Å². The molecule has 1 aromatic rings. The number of aromatic nitrogens is 2. The highest BCUT2D eigenvalue weighted by molar-refractivity contribution is 9.14.